The van der Waals surface area contributed by atoms with E-state index in [-0.39, 0.29) is 12.5 Å². The Morgan fingerprint density at radius 1 is 1.02 bits per heavy atom. The van der Waals surface area contributed by atoms with Crippen molar-refractivity contribution in [3.8, 4) is 11.1 Å². The Hall–Kier alpha value is -3.52. The van der Waals surface area contributed by atoms with Gasteiger partial charge < -0.3 is 19.7 Å². The predicted octanol–water partition coefficient (Wildman–Crippen LogP) is 7.27. The first kappa shape index (κ1) is 34.0. The van der Waals surface area contributed by atoms with E-state index < -0.39 is 34.5 Å². The summed E-state index contributed by atoms with van der Waals surface area (Å²) in [7, 11) is 1.34. The van der Waals surface area contributed by atoms with Gasteiger partial charge in [-0.15, -0.1) is 24.9 Å². The molecule has 0 spiro atoms. The summed E-state index contributed by atoms with van der Waals surface area (Å²) in [6.07, 6.45) is 7.32. The second-order valence-corrected chi connectivity index (χ2v) is 13.3. The van der Waals surface area contributed by atoms with Crippen molar-refractivity contribution in [1.82, 2.24) is 10.2 Å². The number of hydrogen-bond donors (Lipinski definition) is 1. The van der Waals surface area contributed by atoms with E-state index in [0.717, 1.165) is 42.4 Å². The van der Waals surface area contributed by atoms with Gasteiger partial charge >= 0.3 is 12.1 Å². The molecule has 1 aliphatic heterocycles. The van der Waals surface area contributed by atoms with Gasteiger partial charge in [0.2, 0.25) is 5.91 Å². The first-order valence-corrected chi connectivity index (χ1v) is 15.9. The van der Waals surface area contributed by atoms with Crippen LogP contribution in [0.5, 0.6) is 0 Å². The van der Waals surface area contributed by atoms with Crippen LogP contribution in [-0.2, 0) is 23.8 Å². The molecule has 3 rings (SSSR count). The molecule has 1 fully saturated rings. The molecule has 0 aliphatic carbocycles. The third kappa shape index (κ3) is 9.48. The molecule has 1 saturated heterocycles. The van der Waals surface area contributed by atoms with E-state index >= 15 is 0 Å². The quantitative estimate of drug-likeness (QED) is 0.138. The summed E-state index contributed by atoms with van der Waals surface area (Å²) in [5.41, 5.74) is 2.50. The lowest BCUT2D eigenvalue weighted by Crippen LogP contribution is -2.52. The van der Waals surface area contributed by atoms with E-state index in [2.05, 4.69) is 54.9 Å². The van der Waals surface area contributed by atoms with Crippen LogP contribution in [0.25, 0.3) is 11.1 Å². The zero-order valence-corrected chi connectivity index (χ0v) is 26.8. The van der Waals surface area contributed by atoms with Crippen molar-refractivity contribution < 1.29 is 23.9 Å². The van der Waals surface area contributed by atoms with Crippen molar-refractivity contribution in [3.63, 3.8) is 0 Å². The second-order valence-electron chi connectivity index (χ2n) is 11.9. The van der Waals surface area contributed by atoms with Gasteiger partial charge in [0, 0.05) is 12.3 Å². The number of thioether (sulfide) groups is 1. The van der Waals surface area contributed by atoms with Crippen molar-refractivity contribution >= 4 is 29.7 Å². The molecule has 2 amide bonds. The molecule has 7 nitrogen and oxygen atoms in total. The summed E-state index contributed by atoms with van der Waals surface area (Å²) in [6.45, 7) is 13.3. The topological polar surface area (TPSA) is 84.9 Å². The van der Waals surface area contributed by atoms with Crippen LogP contribution in [-0.4, -0.2) is 60.0 Å². The van der Waals surface area contributed by atoms with Gasteiger partial charge in [-0.1, -0.05) is 79.6 Å². The fourth-order valence-electron chi connectivity index (χ4n) is 5.38. The molecule has 1 N–H and O–H groups in total. The van der Waals surface area contributed by atoms with Crippen LogP contribution in [0.15, 0.2) is 79.9 Å². The number of unbranched alkanes of at least 4 members (excludes halogenated alkanes) is 3. The highest BCUT2D eigenvalue weighted by atomic mass is 32.2. The Balaban J connectivity index is 1.94. The maximum atomic E-state index is 14.2. The molecule has 43 heavy (non-hydrogen) atoms. The monoisotopic (exact) mass is 606 g/mol. The van der Waals surface area contributed by atoms with Crippen LogP contribution in [0.4, 0.5) is 4.79 Å². The summed E-state index contributed by atoms with van der Waals surface area (Å²) in [6, 6.07) is 16.8. The molecule has 2 aromatic rings. The lowest BCUT2D eigenvalue weighted by molar-refractivity contribution is -0.151. The first-order valence-electron chi connectivity index (χ1n) is 14.9. The summed E-state index contributed by atoms with van der Waals surface area (Å²) in [4.78, 5) is 41.8. The number of carbonyl (C=O) groups is 3. The van der Waals surface area contributed by atoms with Crippen LogP contribution < -0.4 is 5.32 Å². The summed E-state index contributed by atoms with van der Waals surface area (Å²) < 4.78 is 10.1. The normalized spacial score (nSPS) is 18.9. The molecule has 0 aromatic heterocycles. The number of amides is 2. The Bertz CT molecular complexity index is 1240. The lowest BCUT2D eigenvalue weighted by Gasteiger charge is -2.31. The largest absolute Gasteiger partial charge is 0.467 e. The summed E-state index contributed by atoms with van der Waals surface area (Å²) in [5.74, 6) is -0.150. The first-order chi connectivity index (χ1) is 20.5. The molecule has 2 aromatic carbocycles. The maximum absolute atomic E-state index is 14.2. The van der Waals surface area contributed by atoms with Crippen LogP contribution in [0, 0.1) is 0 Å². The number of methoxy groups -OCH3 is 1. The smallest absolute Gasteiger partial charge is 0.408 e. The summed E-state index contributed by atoms with van der Waals surface area (Å²) >= 11 is 1.66. The molecule has 0 radical (unpaired) electrons. The number of allylic oxidation sites excluding steroid dienone is 1. The van der Waals surface area contributed by atoms with E-state index in [1.165, 1.54) is 7.11 Å². The fraction of sp³-hybridized carbons (Fsp3) is 0.457. The van der Waals surface area contributed by atoms with Crippen molar-refractivity contribution in [1.29, 1.82) is 0 Å². The minimum absolute atomic E-state index is 0.289. The number of esters is 1. The third-order valence-corrected chi connectivity index (χ3v) is 8.95. The van der Waals surface area contributed by atoms with Crippen molar-refractivity contribution in [2.24, 2.45) is 0 Å². The number of nitrogens with one attached hydrogen (secondary N) is 1. The Kier molecular flexibility index (Phi) is 12.5. The average Bonchev–Trinajstić information content (AvgIpc) is 3.39. The van der Waals surface area contributed by atoms with E-state index in [1.54, 1.807) is 37.4 Å². The number of ether oxygens (including phenoxy) is 2. The molecule has 2 unspecified atom stereocenters. The van der Waals surface area contributed by atoms with Crippen molar-refractivity contribution in [3.05, 3.63) is 85.5 Å². The number of benzene rings is 2. The third-order valence-electron chi connectivity index (χ3n) is 7.47. The molecule has 3 atom stereocenters. The van der Waals surface area contributed by atoms with E-state index in [9.17, 15) is 14.4 Å². The van der Waals surface area contributed by atoms with Gasteiger partial charge in [0.05, 0.1) is 11.9 Å². The van der Waals surface area contributed by atoms with Gasteiger partial charge in [0.1, 0.15) is 17.7 Å². The van der Waals surface area contributed by atoms with Crippen LogP contribution in [0.2, 0.25) is 0 Å². The molecule has 8 heteroatoms. The minimum atomic E-state index is -0.841. The second kappa shape index (κ2) is 15.8. The van der Waals surface area contributed by atoms with Gasteiger partial charge in [-0.05, 0) is 63.1 Å². The van der Waals surface area contributed by atoms with Crippen LogP contribution in [0.3, 0.4) is 0 Å². The Morgan fingerprint density at radius 3 is 2.30 bits per heavy atom. The molecule has 1 heterocycles. The zero-order chi connectivity index (χ0) is 31.5. The van der Waals surface area contributed by atoms with Gasteiger partial charge in [-0.2, -0.15) is 0 Å². The predicted molar refractivity (Wildman–Crippen MR) is 175 cm³/mol. The van der Waals surface area contributed by atoms with E-state index in [4.69, 9.17) is 9.47 Å². The maximum Gasteiger partial charge on any atom is 0.408 e. The van der Waals surface area contributed by atoms with Crippen LogP contribution in [0.1, 0.15) is 64.9 Å². The molecule has 232 valence electrons. The van der Waals surface area contributed by atoms with Gasteiger partial charge in [0.15, 0.2) is 0 Å². The number of nitrogens with zero attached hydrogens (tertiary/aromatic N) is 1. The van der Waals surface area contributed by atoms with Gasteiger partial charge in [-0.25, -0.2) is 9.59 Å². The van der Waals surface area contributed by atoms with Crippen molar-refractivity contribution in [2.45, 2.75) is 81.7 Å². The fourth-order valence-corrected chi connectivity index (χ4v) is 6.63. The highest BCUT2D eigenvalue weighted by molar-refractivity contribution is 8.00. The zero-order valence-electron chi connectivity index (χ0n) is 26.0. The van der Waals surface area contributed by atoms with E-state index in [1.807, 2.05) is 30.4 Å². The van der Waals surface area contributed by atoms with Gasteiger partial charge in [0.25, 0.3) is 0 Å². The minimum Gasteiger partial charge on any atom is -0.467 e. The number of rotatable bonds is 14. The standard InChI is InChI=1S/C35H46N2O5S/c1-7-9-10-11-15-18-29(36-33(40)42-34(3,4)5)31(38)37-25-35(43-23-8-2,24-30(37)32(39)41-6)28-21-19-27(20-22-28)26-16-13-12-14-17-26/h7-8,12-14,16-17,19-22,29-30H,1-2,9-11,15,18,23-25H2,3-6H3,(H,36,40)/t29-,30?,35?/m0/s1. The average molecular weight is 607 g/mol. The van der Waals surface area contributed by atoms with Gasteiger partial charge in [-0.3, -0.25) is 4.79 Å². The van der Waals surface area contributed by atoms with E-state index in [0.29, 0.717) is 18.6 Å². The molecular weight excluding hydrogens is 560 g/mol. The molecule has 0 bridgehead atoms. The van der Waals surface area contributed by atoms with Crippen molar-refractivity contribution in [2.75, 3.05) is 19.4 Å². The number of alkyl carbamates (subject to hydrolysis) is 1. The SMILES string of the molecule is C=CCCCCC[C@H](NC(=O)OC(C)(C)C)C(=O)N1CC(SCC=C)(c2ccc(-c3ccccc3)cc2)CC1C(=O)OC. The highest BCUT2D eigenvalue weighted by Gasteiger charge is 2.51. The number of carbonyl (C=O) groups excluding carboxylic acids is 3. The summed E-state index contributed by atoms with van der Waals surface area (Å²) in [5, 5.41) is 2.81. The molecule has 1 aliphatic rings. The highest BCUT2D eigenvalue weighted by Crippen LogP contribution is 2.48. The van der Waals surface area contributed by atoms with Crippen LogP contribution >= 0.6 is 11.8 Å². The number of likely N-dealkylation sites (tertiary alicyclic amines) is 1. The Labute approximate surface area is 261 Å². The number of hydrogen-bond acceptors (Lipinski definition) is 6. The molecular formula is C35H46N2O5S. The molecule has 0 saturated carbocycles. The lowest BCUT2D eigenvalue weighted by atomic mass is 9.93. The Morgan fingerprint density at radius 2 is 1.70 bits per heavy atom.